The topological polar surface area (TPSA) is 42.0 Å². The van der Waals surface area contributed by atoms with Gasteiger partial charge in [0.2, 0.25) is 5.95 Å². The minimum atomic E-state index is -1.46. The van der Waals surface area contributed by atoms with Crippen molar-refractivity contribution in [3.8, 4) is 0 Å². The maximum atomic E-state index is 13.3. The molecule has 2 aromatic rings. The molecule has 3 nitrogen and oxygen atoms in total. The zero-order valence-electron chi connectivity index (χ0n) is 9.25. The van der Waals surface area contributed by atoms with Gasteiger partial charge in [0.05, 0.1) is 11.3 Å². The third-order valence-electron chi connectivity index (χ3n) is 2.24. The molecule has 1 heterocycles. The molecule has 0 saturated carbocycles. The van der Waals surface area contributed by atoms with E-state index in [2.05, 4.69) is 4.98 Å². The van der Waals surface area contributed by atoms with Gasteiger partial charge in [-0.1, -0.05) is 0 Å². The molecule has 0 aliphatic rings. The highest BCUT2D eigenvalue weighted by molar-refractivity contribution is 6.04. The fourth-order valence-corrected chi connectivity index (χ4v) is 1.39. The number of carbonyl (C=O) groups excluding carboxylic acids is 1. The van der Waals surface area contributed by atoms with E-state index >= 15 is 0 Å². The Kier molecular flexibility index (Phi) is 3.46. The number of nitrogens with zero attached hydrogens (tertiary/aromatic N) is 1. The van der Waals surface area contributed by atoms with Crippen molar-refractivity contribution >= 4 is 11.6 Å². The summed E-state index contributed by atoms with van der Waals surface area (Å²) in [6.45, 7) is 0. The number of hydrogen-bond donors (Lipinski definition) is 1. The molecule has 0 unspecified atom stereocenters. The fourth-order valence-electron chi connectivity index (χ4n) is 1.39. The molecular weight excluding hydrogens is 264 g/mol. The van der Waals surface area contributed by atoms with Crippen molar-refractivity contribution in [2.45, 2.75) is 0 Å². The molecule has 1 aromatic heterocycles. The maximum Gasteiger partial charge on any atom is 0.260 e. The second-order valence-electron chi connectivity index (χ2n) is 3.55. The lowest BCUT2D eigenvalue weighted by Crippen LogP contribution is -2.16. The largest absolute Gasteiger partial charge is 0.319 e. The lowest BCUT2D eigenvalue weighted by Gasteiger charge is -2.07. The third-order valence-corrected chi connectivity index (χ3v) is 2.24. The lowest BCUT2D eigenvalue weighted by atomic mass is 10.2. The van der Waals surface area contributed by atoms with Crippen LogP contribution < -0.4 is 5.32 Å². The molecule has 0 aliphatic heterocycles. The molecule has 0 bridgehead atoms. The quantitative estimate of drug-likeness (QED) is 0.518. The number of anilines is 1. The number of aromatic nitrogens is 1. The normalized spacial score (nSPS) is 10.3. The van der Waals surface area contributed by atoms with Crippen LogP contribution in [0.5, 0.6) is 0 Å². The molecule has 0 radical (unpaired) electrons. The summed E-state index contributed by atoms with van der Waals surface area (Å²) >= 11 is 0. The Morgan fingerprint density at radius 1 is 1.16 bits per heavy atom. The number of benzene rings is 1. The van der Waals surface area contributed by atoms with E-state index in [-0.39, 0.29) is 0 Å². The van der Waals surface area contributed by atoms with Crippen molar-refractivity contribution < 1.29 is 22.4 Å². The van der Waals surface area contributed by atoms with Crippen LogP contribution >= 0.6 is 0 Å². The smallest absolute Gasteiger partial charge is 0.260 e. The first kappa shape index (κ1) is 13.0. The summed E-state index contributed by atoms with van der Waals surface area (Å²) in [5.41, 5.74) is -1.18. The second kappa shape index (κ2) is 5.05. The van der Waals surface area contributed by atoms with Crippen LogP contribution in [0.1, 0.15) is 10.4 Å². The van der Waals surface area contributed by atoms with Gasteiger partial charge in [0.25, 0.3) is 5.91 Å². The van der Waals surface area contributed by atoms with Gasteiger partial charge in [0, 0.05) is 18.3 Å². The zero-order valence-corrected chi connectivity index (χ0v) is 9.25. The molecule has 98 valence electrons. The van der Waals surface area contributed by atoms with E-state index in [4.69, 9.17) is 0 Å². The zero-order chi connectivity index (χ0) is 14.0. The molecule has 1 N–H and O–H groups in total. The van der Waals surface area contributed by atoms with Gasteiger partial charge in [0.1, 0.15) is 5.82 Å². The molecule has 19 heavy (non-hydrogen) atoms. The predicted octanol–water partition coefficient (Wildman–Crippen LogP) is 2.89. The predicted molar refractivity (Wildman–Crippen MR) is 58.5 cm³/mol. The molecule has 0 fully saturated rings. The lowest BCUT2D eigenvalue weighted by molar-refractivity contribution is 0.102. The van der Waals surface area contributed by atoms with E-state index in [1.165, 1.54) is 6.07 Å². The van der Waals surface area contributed by atoms with E-state index in [9.17, 15) is 22.4 Å². The minimum Gasteiger partial charge on any atom is -0.319 e. The van der Waals surface area contributed by atoms with Gasteiger partial charge in [-0.25, -0.2) is 18.2 Å². The molecule has 7 heteroatoms. The number of nitrogens with one attached hydrogen (secondary N) is 1. The van der Waals surface area contributed by atoms with Crippen LogP contribution in [0.15, 0.2) is 30.5 Å². The molecular formula is C12H6F4N2O. The average Bonchev–Trinajstić information content (AvgIpc) is 2.35. The van der Waals surface area contributed by atoms with Gasteiger partial charge >= 0.3 is 0 Å². The Bertz CT molecular complexity index is 646. The van der Waals surface area contributed by atoms with Crippen molar-refractivity contribution in [1.29, 1.82) is 0 Å². The highest BCUT2D eigenvalue weighted by Crippen LogP contribution is 2.20. The highest BCUT2D eigenvalue weighted by atomic mass is 19.2. The third kappa shape index (κ3) is 2.70. The molecule has 1 amide bonds. The SMILES string of the molecule is O=C(Nc1cc(F)cc(F)c1F)c1cccnc1F. The Balaban J connectivity index is 2.32. The Hall–Kier alpha value is -2.44. The van der Waals surface area contributed by atoms with E-state index in [1.54, 1.807) is 0 Å². The van der Waals surface area contributed by atoms with Gasteiger partial charge in [-0.05, 0) is 12.1 Å². The Morgan fingerprint density at radius 2 is 1.89 bits per heavy atom. The van der Waals surface area contributed by atoms with Crippen LogP contribution in [-0.2, 0) is 0 Å². The van der Waals surface area contributed by atoms with E-state index in [0.717, 1.165) is 12.3 Å². The molecule has 1 aromatic carbocycles. The molecule has 0 aliphatic carbocycles. The standard InChI is InChI=1S/C12H6F4N2O/c13-6-4-8(14)10(15)9(5-6)18-12(19)7-2-1-3-17-11(7)16/h1-5H,(H,18,19). The molecule has 2 rings (SSSR count). The maximum absolute atomic E-state index is 13.3. The van der Waals surface area contributed by atoms with Crippen LogP contribution in [0.2, 0.25) is 0 Å². The van der Waals surface area contributed by atoms with E-state index in [0.29, 0.717) is 12.1 Å². The second-order valence-corrected chi connectivity index (χ2v) is 3.55. The Labute approximate surface area is 104 Å². The molecule has 0 spiro atoms. The number of hydrogen-bond acceptors (Lipinski definition) is 2. The first-order valence-electron chi connectivity index (χ1n) is 5.05. The van der Waals surface area contributed by atoms with Gasteiger partial charge < -0.3 is 5.32 Å². The number of rotatable bonds is 2. The number of carbonyl (C=O) groups is 1. The van der Waals surface area contributed by atoms with Crippen LogP contribution in [0.3, 0.4) is 0 Å². The number of pyridine rings is 1. The first-order chi connectivity index (χ1) is 8.99. The van der Waals surface area contributed by atoms with E-state index < -0.39 is 40.6 Å². The summed E-state index contributed by atoms with van der Waals surface area (Å²) < 4.78 is 52.3. The Morgan fingerprint density at radius 3 is 2.58 bits per heavy atom. The fraction of sp³-hybridized carbons (Fsp3) is 0. The van der Waals surface area contributed by atoms with Crippen molar-refractivity contribution in [3.05, 3.63) is 59.4 Å². The van der Waals surface area contributed by atoms with E-state index in [1.807, 2.05) is 5.32 Å². The average molecular weight is 270 g/mol. The van der Waals surface area contributed by atoms with Gasteiger partial charge in [0.15, 0.2) is 11.6 Å². The van der Waals surface area contributed by atoms with Crippen LogP contribution in [0.25, 0.3) is 0 Å². The molecule has 0 atom stereocenters. The van der Waals surface area contributed by atoms with Crippen molar-refractivity contribution in [3.63, 3.8) is 0 Å². The summed E-state index contributed by atoms with van der Waals surface area (Å²) in [6.07, 6.45) is 1.12. The summed E-state index contributed by atoms with van der Waals surface area (Å²) in [6, 6.07) is 3.31. The van der Waals surface area contributed by atoms with Gasteiger partial charge in [-0.15, -0.1) is 0 Å². The number of halogens is 4. The number of amides is 1. The van der Waals surface area contributed by atoms with Crippen molar-refractivity contribution in [1.82, 2.24) is 4.98 Å². The molecule has 0 saturated heterocycles. The summed E-state index contributed by atoms with van der Waals surface area (Å²) in [7, 11) is 0. The van der Waals surface area contributed by atoms with Crippen molar-refractivity contribution in [2.24, 2.45) is 0 Å². The summed E-state index contributed by atoms with van der Waals surface area (Å²) in [4.78, 5) is 14.8. The van der Waals surface area contributed by atoms with Crippen molar-refractivity contribution in [2.75, 3.05) is 5.32 Å². The summed E-state index contributed by atoms with van der Waals surface area (Å²) in [5.74, 6) is -6.09. The van der Waals surface area contributed by atoms with Crippen LogP contribution in [0, 0.1) is 23.4 Å². The van der Waals surface area contributed by atoms with Crippen LogP contribution in [-0.4, -0.2) is 10.9 Å². The van der Waals surface area contributed by atoms with Crippen LogP contribution in [0.4, 0.5) is 23.2 Å². The monoisotopic (exact) mass is 270 g/mol. The summed E-state index contributed by atoms with van der Waals surface area (Å²) in [5, 5.41) is 1.88. The minimum absolute atomic E-state index is 0.329. The van der Waals surface area contributed by atoms with Gasteiger partial charge in [-0.2, -0.15) is 4.39 Å². The first-order valence-corrected chi connectivity index (χ1v) is 5.05. The van der Waals surface area contributed by atoms with Gasteiger partial charge in [-0.3, -0.25) is 4.79 Å². The highest BCUT2D eigenvalue weighted by Gasteiger charge is 2.17.